The van der Waals surface area contributed by atoms with Gasteiger partial charge in [0.2, 0.25) is 0 Å². The van der Waals surface area contributed by atoms with E-state index in [9.17, 15) is 4.79 Å². The number of esters is 1. The first kappa shape index (κ1) is 14.7. The van der Waals surface area contributed by atoms with Crippen molar-refractivity contribution >= 4 is 33.6 Å². The number of para-hydroxylation sites is 1. The van der Waals surface area contributed by atoms with Crippen molar-refractivity contribution in [2.24, 2.45) is 0 Å². The summed E-state index contributed by atoms with van der Waals surface area (Å²) in [5, 5.41) is 13.9. The molecule has 5 heteroatoms. The molecule has 2 aromatic carbocycles. The van der Waals surface area contributed by atoms with Gasteiger partial charge in [-0.2, -0.15) is 5.26 Å². The van der Waals surface area contributed by atoms with E-state index >= 15 is 0 Å². The lowest BCUT2D eigenvalue weighted by molar-refractivity contribution is -0.138. The molecular formula is C18H14N2O3. The molecule has 23 heavy (non-hydrogen) atoms. The van der Waals surface area contributed by atoms with Crippen molar-refractivity contribution in [2.75, 3.05) is 11.9 Å². The molecule has 1 aromatic heterocycles. The van der Waals surface area contributed by atoms with E-state index in [0.29, 0.717) is 0 Å². The number of hydrogen-bond acceptors (Lipinski definition) is 5. The van der Waals surface area contributed by atoms with Crippen molar-refractivity contribution in [1.29, 1.82) is 5.26 Å². The van der Waals surface area contributed by atoms with E-state index in [1.54, 1.807) is 6.92 Å². The van der Waals surface area contributed by atoms with Gasteiger partial charge in [-0.3, -0.25) is 0 Å². The maximum atomic E-state index is 11.6. The number of furan rings is 1. The van der Waals surface area contributed by atoms with E-state index in [1.807, 2.05) is 48.5 Å². The van der Waals surface area contributed by atoms with Crippen molar-refractivity contribution in [3.05, 3.63) is 54.2 Å². The van der Waals surface area contributed by atoms with Gasteiger partial charge in [0.1, 0.15) is 17.2 Å². The Labute approximate surface area is 132 Å². The largest absolute Gasteiger partial charge is 0.462 e. The minimum absolute atomic E-state index is 0.0796. The smallest absolute Gasteiger partial charge is 0.350 e. The highest BCUT2D eigenvalue weighted by atomic mass is 16.5. The van der Waals surface area contributed by atoms with Gasteiger partial charge in [-0.1, -0.05) is 18.2 Å². The predicted molar refractivity (Wildman–Crippen MR) is 87.7 cm³/mol. The van der Waals surface area contributed by atoms with Crippen molar-refractivity contribution in [1.82, 2.24) is 0 Å². The fraction of sp³-hybridized carbons (Fsp3) is 0.111. The molecule has 0 aliphatic carbocycles. The van der Waals surface area contributed by atoms with Crippen LogP contribution in [0.15, 0.2) is 58.7 Å². The summed E-state index contributed by atoms with van der Waals surface area (Å²) in [5.41, 5.74) is 2.27. The Hall–Kier alpha value is -3.26. The summed E-state index contributed by atoms with van der Waals surface area (Å²) in [6, 6.07) is 15.2. The van der Waals surface area contributed by atoms with Crippen molar-refractivity contribution in [3.8, 4) is 6.07 Å². The molecule has 5 nitrogen and oxygen atoms in total. The Bertz CT molecular complexity index is 948. The van der Waals surface area contributed by atoms with E-state index in [-0.39, 0.29) is 12.2 Å². The molecule has 0 amide bonds. The van der Waals surface area contributed by atoms with Crippen LogP contribution in [-0.4, -0.2) is 12.6 Å². The van der Waals surface area contributed by atoms with Gasteiger partial charge in [-0.05, 0) is 31.2 Å². The lowest BCUT2D eigenvalue weighted by atomic mass is 10.1. The number of anilines is 1. The highest BCUT2D eigenvalue weighted by molar-refractivity contribution is 6.06. The highest BCUT2D eigenvalue weighted by Gasteiger charge is 2.10. The molecule has 0 unspecified atom stereocenters. The third-order valence-corrected chi connectivity index (χ3v) is 3.38. The number of nitrogens with zero attached hydrogens (tertiary/aromatic N) is 1. The Kier molecular flexibility index (Phi) is 3.98. The van der Waals surface area contributed by atoms with Gasteiger partial charge < -0.3 is 14.5 Å². The molecule has 3 rings (SSSR count). The number of nitrogens with one attached hydrogen (secondary N) is 1. The van der Waals surface area contributed by atoms with Crippen LogP contribution < -0.4 is 5.32 Å². The van der Waals surface area contributed by atoms with Gasteiger partial charge in [0.25, 0.3) is 0 Å². The average molecular weight is 306 g/mol. The number of benzene rings is 2. The zero-order chi connectivity index (χ0) is 16.2. The number of carbonyl (C=O) groups is 1. The van der Waals surface area contributed by atoms with Crippen LogP contribution in [0.1, 0.15) is 6.92 Å². The standard InChI is InChI=1S/C18H14N2O3/c1-2-22-18(21)12(10-19)11-20-13-7-8-17-15(9-13)14-5-3-4-6-16(14)23-17/h3-9,11,20H,2H2,1H3/b12-11+. The number of nitriles is 1. The molecule has 0 fully saturated rings. The summed E-state index contributed by atoms with van der Waals surface area (Å²) < 4.78 is 10.6. The topological polar surface area (TPSA) is 75.3 Å². The van der Waals surface area contributed by atoms with Gasteiger partial charge in [0.15, 0.2) is 5.57 Å². The van der Waals surface area contributed by atoms with Crippen LogP contribution in [-0.2, 0) is 9.53 Å². The summed E-state index contributed by atoms with van der Waals surface area (Å²) in [4.78, 5) is 11.6. The van der Waals surface area contributed by atoms with Crippen LogP contribution >= 0.6 is 0 Å². The second-order valence-electron chi connectivity index (χ2n) is 4.84. The number of ether oxygens (including phenoxy) is 1. The fourth-order valence-electron chi connectivity index (χ4n) is 2.32. The Balaban J connectivity index is 1.93. The van der Waals surface area contributed by atoms with Crippen molar-refractivity contribution in [3.63, 3.8) is 0 Å². The Morgan fingerprint density at radius 3 is 2.83 bits per heavy atom. The maximum absolute atomic E-state index is 11.6. The van der Waals surface area contributed by atoms with Gasteiger partial charge in [-0.25, -0.2) is 4.79 Å². The first-order valence-electron chi connectivity index (χ1n) is 7.18. The minimum Gasteiger partial charge on any atom is -0.462 e. The van der Waals surface area contributed by atoms with Crippen LogP contribution in [0.25, 0.3) is 21.9 Å². The van der Waals surface area contributed by atoms with Crippen LogP contribution in [0.3, 0.4) is 0 Å². The minimum atomic E-state index is -0.641. The zero-order valence-electron chi connectivity index (χ0n) is 12.5. The molecule has 0 saturated carbocycles. The van der Waals surface area contributed by atoms with E-state index in [4.69, 9.17) is 14.4 Å². The van der Waals surface area contributed by atoms with Crippen molar-refractivity contribution in [2.45, 2.75) is 6.92 Å². The van der Waals surface area contributed by atoms with E-state index in [0.717, 1.165) is 27.6 Å². The highest BCUT2D eigenvalue weighted by Crippen LogP contribution is 2.30. The molecule has 0 atom stereocenters. The van der Waals surface area contributed by atoms with E-state index < -0.39 is 5.97 Å². The monoisotopic (exact) mass is 306 g/mol. The van der Waals surface area contributed by atoms with Gasteiger partial charge in [0.05, 0.1) is 6.61 Å². The van der Waals surface area contributed by atoms with Crippen LogP contribution in [0, 0.1) is 11.3 Å². The molecule has 0 spiro atoms. The molecule has 0 bridgehead atoms. The number of fused-ring (bicyclic) bond motifs is 3. The molecule has 3 aromatic rings. The number of hydrogen-bond donors (Lipinski definition) is 1. The molecule has 0 aliphatic heterocycles. The second kappa shape index (κ2) is 6.24. The fourth-order valence-corrected chi connectivity index (χ4v) is 2.32. The summed E-state index contributed by atoms with van der Waals surface area (Å²) in [6.45, 7) is 1.92. The van der Waals surface area contributed by atoms with Crippen molar-refractivity contribution < 1.29 is 13.9 Å². The van der Waals surface area contributed by atoms with E-state index in [1.165, 1.54) is 6.20 Å². The number of carbonyl (C=O) groups excluding carboxylic acids is 1. The summed E-state index contributed by atoms with van der Waals surface area (Å²) >= 11 is 0. The molecule has 0 saturated heterocycles. The average Bonchev–Trinajstić information content (AvgIpc) is 2.94. The third-order valence-electron chi connectivity index (χ3n) is 3.38. The van der Waals surface area contributed by atoms with Gasteiger partial charge >= 0.3 is 5.97 Å². The first-order valence-corrected chi connectivity index (χ1v) is 7.18. The summed E-state index contributed by atoms with van der Waals surface area (Å²) in [5.74, 6) is -0.641. The zero-order valence-corrected chi connectivity index (χ0v) is 12.5. The third kappa shape index (κ3) is 2.87. The number of rotatable bonds is 4. The maximum Gasteiger partial charge on any atom is 0.350 e. The lowest BCUT2D eigenvalue weighted by Gasteiger charge is -2.03. The second-order valence-corrected chi connectivity index (χ2v) is 4.84. The van der Waals surface area contributed by atoms with Crippen LogP contribution in [0.2, 0.25) is 0 Å². The first-order chi connectivity index (χ1) is 11.2. The van der Waals surface area contributed by atoms with Crippen LogP contribution in [0.4, 0.5) is 5.69 Å². The normalized spacial score (nSPS) is 11.4. The quantitative estimate of drug-likeness (QED) is 0.448. The SMILES string of the molecule is CCOC(=O)/C(C#N)=C/Nc1ccc2oc3ccccc3c2c1. The Morgan fingerprint density at radius 2 is 2.04 bits per heavy atom. The Morgan fingerprint density at radius 1 is 1.26 bits per heavy atom. The lowest BCUT2D eigenvalue weighted by Crippen LogP contribution is -2.07. The predicted octanol–water partition coefficient (Wildman–Crippen LogP) is 3.97. The summed E-state index contributed by atoms with van der Waals surface area (Å²) in [6.07, 6.45) is 1.35. The molecule has 0 radical (unpaired) electrons. The van der Waals surface area contributed by atoms with Gasteiger partial charge in [0, 0.05) is 22.7 Å². The summed E-state index contributed by atoms with van der Waals surface area (Å²) in [7, 11) is 0. The molecule has 1 N–H and O–H groups in total. The molecular weight excluding hydrogens is 292 g/mol. The molecule has 114 valence electrons. The molecule has 1 heterocycles. The van der Waals surface area contributed by atoms with Gasteiger partial charge in [-0.15, -0.1) is 0 Å². The molecule has 0 aliphatic rings. The van der Waals surface area contributed by atoms with Crippen LogP contribution in [0.5, 0.6) is 0 Å². The van der Waals surface area contributed by atoms with E-state index in [2.05, 4.69) is 5.32 Å².